The number of nitrogens with one attached hydrogen (secondary N) is 1. The second-order valence-corrected chi connectivity index (χ2v) is 9.62. The third-order valence-electron chi connectivity index (χ3n) is 5.77. The Bertz CT molecular complexity index is 1210. The molecule has 2 aliphatic rings. The van der Waals surface area contributed by atoms with Crippen molar-refractivity contribution in [2.24, 2.45) is 5.92 Å². The number of hydrogen-bond acceptors (Lipinski definition) is 4. The average molecular weight is 455 g/mol. The van der Waals surface area contributed by atoms with Crippen LogP contribution in [0.25, 0.3) is 0 Å². The number of likely N-dealkylation sites (tertiary alicyclic amines) is 1. The van der Waals surface area contributed by atoms with Crippen LogP contribution in [0.5, 0.6) is 0 Å². The molecule has 4 rings (SSSR count). The topological polar surface area (TPSA) is 88.5 Å². The summed E-state index contributed by atoms with van der Waals surface area (Å²) in [5.41, 5.74) is -1.17. The molecule has 1 saturated heterocycles. The lowest BCUT2D eigenvalue weighted by Gasteiger charge is -2.42. The summed E-state index contributed by atoms with van der Waals surface area (Å²) in [6.07, 6.45) is -3.86. The zero-order chi connectivity index (χ0) is 22.6. The fourth-order valence-electron chi connectivity index (χ4n) is 4.32. The Kier molecular flexibility index (Phi) is 5.11. The fourth-order valence-corrected chi connectivity index (χ4v) is 5.43. The Morgan fingerprint density at radius 1 is 1.13 bits per heavy atom. The molecule has 11 heteroatoms. The van der Waals surface area contributed by atoms with Gasteiger partial charge in [0.05, 0.1) is 10.5 Å². The van der Waals surface area contributed by atoms with Crippen molar-refractivity contribution in [3.63, 3.8) is 0 Å². The Hall–Kier alpha value is -2.82. The number of amides is 1. The summed E-state index contributed by atoms with van der Waals surface area (Å²) < 4.78 is 67.7. The van der Waals surface area contributed by atoms with Crippen molar-refractivity contribution >= 4 is 21.6 Å². The molecule has 1 fully saturated rings. The number of hydrogen-bond donors (Lipinski definition) is 1. The highest BCUT2D eigenvalue weighted by Gasteiger charge is 2.36. The van der Waals surface area contributed by atoms with E-state index < -0.39 is 32.2 Å². The Labute approximate surface area is 176 Å². The van der Waals surface area contributed by atoms with Gasteiger partial charge in [0, 0.05) is 38.2 Å². The van der Waals surface area contributed by atoms with Gasteiger partial charge in [0.25, 0.3) is 15.6 Å². The number of piperidine rings is 1. The van der Waals surface area contributed by atoms with Gasteiger partial charge >= 0.3 is 6.18 Å². The molecule has 2 atom stereocenters. The van der Waals surface area contributed by atoms with E-state index in [9.17, 15) is 31.2 Å². The van der Waals surface area contributed by atoms with Gasteiger partial charge in [-0.25, -0.2) is 8.42 Å². The monoisotopic (exact) mass is 455 g/mol. The number of halogens is 3. The quantitative estimate of drug-likeness (QED) is 0.771. The van der Waals surface area contributed by atoms with E-state index in [4.69, 9.17) is 0 Å². The number of rotatable bonds is 3. The van der Waals surface area contributed by atoms with Gasteiger partial charge in [-0.05, 0) is 42.7 Å². The van der Waals surface area contributed by atoms with E-state index in [0.29, 0.717) is 31.4 Å². The number of fused-ring (bicyclic) bond motifs is 4. The minimum Gasteiger partial charge on any atom is -0.342 e. The fraction of sp³-hybridized carbons (Fsp3) is 0.400. The summed E-state index contributed by atoms with van der Waals surface area (Å²) in [6.45, 7) is 2.85. The van der Waals surface area contributed by atoms with Crippen molar-refractivity contribution in [2.45, 2.75) is 36.9 Å². The molecule has 166 valence electrons. The van der Waals surface area contributed by atoms with Crippen LogP contribution in [0, 0.1) is 5.92 Å². The van der Waals surface area contributed by atoms with Crippen molar-refractivity contribution in [1.82, 2.24) is 9.47 Å². The van der Waals surface area contributed by atoms with Crippen LogP contribution in [0.15, 0.2) is 46.1 Å². The molecule has 1 amide bonds. The summed E-state index contributed by atoms with van der Waals surface area (Å²) in [7, 11) is -4.40. The maximum atomic E-state index is 13.0. The number of aromatic nitrogens is 1. The maximum absolute atomic E-state index is 13.0. The van der Waals surface area contributed by atoms with E-state index in [2.05, 4.69) is 4.72 Å². The van der Waals surface area contributed by atoms with Crippen LogP contribution in [0.4, 0.5) is 18.9 Å². The molecule has 7 nitrogen and oxygen atoms in total. The molecule has 0 saturated carbocycles. The van der Waals surface area contributed by atoms with Crippen molar-refractivity contribution in [2.75, 3.05) is 17.8 Å². The highest BCUT2D eigenvalue weighted by Crippen LogP contribution is 2.36. The van der Waals surface area contributed by atoms with Crippen LogP contribution in [0.1, 0.15) is 30.5 Å². The van der Waals surface area contributed by atoms with Gasteiger partial charge in [-0.1, -0.05) is 6.07 Å². The third-order valence-corrected chi connectivity index (χ3v) is 7.13. The van der Waals surface area contributed by atoms with Crippen LogP contribution in [-0.4, -0.2) is 36.9 Å². The molecule has 2 aromatic rings. The van der Waals surface area contributed by atoms with Crippen molar-refractivity contribution in [3.05, 3.63) is 58.0 Å². The molecule has 0 unspecified atom stereocenters. The van der Waals surface area contributed by atoms with Gasteiger partial charge < -0.3 is 9.47 Å². The van der Waals surface area contributed by atoms with Crippen LogP contribution < -0.4 is 10.3 Å². The lowest BCUT2D eigenvalue weighted by atomic mass is 9.83. The molecular weight excluding hydrogens is 435 g/mol. The van der Waals surface area contributed by atoms with E-state index in [1.165, 1.54) is 17.6 Å². The number of benzene rings is 1. The average Bonchev–Trinajstić information content (AvgIpc) is 2.69. The number of pyridine rings is 1. The highest BCUT2D eigenvalue weighted by atomic mass is 32.2. The molecular formula is C20H20F3N3O4S. The zero-order valence-electron chi connectivity index (χ0n) is 16.5. The van der Waals surface area contributed by atoms with Gasteiger partial charge in [0.1, 0.15) is 5.69 Å². The summed E-state index contributed by atoms with van der Waals surface area (Å²) in [4.78, 5) is 25.9. The predicted octanol–water partition coefficient (Wildman–Crippen LogP) is 2.63. The van der Waals surface area contributed by atoms with E-state index in [1.807, 2.05) is 0 Å². The molecule has 2 aliphatic heterocycles. The lowest BCUT2D eigenvalue weighted by molar-refractivity contribution is -0.137. The summed E-state index contributed by atoms with van der Waals surface area (Å²) in [5, 5.41) is 0. The largest absolute Gasteiger partial charge is 0.416 e. The first-order chi connectivity index (χ1) is 14.5. The summed E-state index contributed by atoms with van der Waals surface area (Å²) in [5.74, 6) is 0.0114. The Balaban J connectivity index is 1.65. The Morgan fingerprint density at radius 3 is 2.55 bits per heavy atom. The predicted molar refractivity (Wildman–Crippen MR) is 106 cm³/mol. The normalized spacial score (nSPS) is 20.8. The molecule has 3 heterocycles. The molecule has 0 radical (unpaired) electrons. The lowest BCUT2D eigenvalue weighted by Crippen LogP contribution is -2.48. The van der Waals surface area contributed by atoms with Crippen LogP contribution in [0.2, 0.25) is 0 Å². The van der Waals surface area contributed by atoms with Crippen LogP contribution >= 0.6 is 0 Å². The molecule has 2 bridgehead atoms. The van der Waals surface area contributed by atoms with Crippen molar-refractivity contribution in [3.8, 4) is 0 Å². The molecule has 31 heavy (non-hydrogen) atoms. The number of carbonyl (C=O) groups excluding carboxylic acids is 1. The summed E-state index contributed by atoms with van der Waals surface area (Å²) >= 11 is 0. The smallest absolute Gasteiger partial charge is 0.342 e. The van der Waals surface area contributed by atoms with Gasteiger partial charge in [0.2, 0.25) is 5.91 Å². The van der Waals surface area contributed by atoms with Gasteiger partial charge in [-0.2, -0.15) is 13.2 Å². The Morgan fingerprint density at radius 2 is 1.87 bits per heavy atom. The molecule has 1 N–H and O–H groups in total. The van der Waals surface area contributed by atoms with Crippen LogP contribution in [-0.2, 0) is 27.5 Å². The van der Waals surface area contributed by atoms with Gasteiger partial charge in [0.15, 0.2) is 0 Å². The SMILES string of the molecule is CC(=O)N1C[C@H]2C[C@H](C1)c1ccc(NS(=O)(=O)c3cccc(C(F)(F)F)c3)c(=O)n1C2. The first-order valence-corrected chi connectivity index (χ1v) is 11.1. The number of sulfonamides is 1. The van der Waals surface area contributed by atoms with E-state index >= 15 is 0 Å². The molecule has 0 spiro atoms. The molecule has 1 aromatic heterocycles. The van der Waals surface area contributed by atoms with E-state index in [1.54, 1.807) is 11.0 Å². The summed E-state index contributed by atoms with van der Waals surface area (Å²) in [6, 6.07) is 6.30. The minimum absolute atomic E-state index is 0.0294. The number of carbonyl (C=O) groups is 1. The van der Waals surface area contributed by atoms with Gasteiger partial charge in [-0.15, -0.1) is 0 Å². The van der Waals surface area contributed by atoms with Gasteiger partial charge in [-0.3, -0.25) is 14.3 Å². The molecule has 0 aliphatic carbocycles. The second-order valence-electron chi connectivity index (χ2n) is 7.94. The highest BCUT2D eigenvalue weighted by molar-refractivity contribution is 7.92. The number of anilines is 1. The van der Waals surface area contributed by atoms with E-state index in [0.717, 1.165) is 24.6 Å². The number of nitrogens with zero attached hydrogens (tertiary/aromatic N) is 2. The van der Waals surface area contributed by atoms with Crippen LogP contribution in [0.3, 0.4) is 0 Å². The third kappa shape index (κ3) is 4.06. The standard InChI is InChI=1S/C20H20F3N3O4S/c1-12(27)25-9-13-7-14(11-25)18-6-5-17(19(28)26(18)10-13)24-31(29,30)16-4-2-3-15(8-16)20(21,22)23/h2-6,8,13-14,24H,7,9-11H2,1H3/t13-,14-/m1/s1. The zero-order valence-corrected chi connectivity index (χ0v) is 17.3. The minimum atomic E-state index is -4.69. The van der Waals surface area contributed by atoms with E-state index in [-0.39, 0.29) is 23.4 Å². The second kappa shape index (κ2) is 7.40. The maximum Gasteiger partial charge on any atom is 0.416 e. The first-order valence-electron chi connectivity index (χ1n) is 9.65. The molecule has 1 aromatic carbocycles. The van der Waals surface area contributed by atoms with Crippen molar-refractivity contribution < 1.29 is 26.4 Å². The van der Waals surface area contributed by atoms with Crippen molar-refractivity contribution in [1.29, 1.82) is 0 Å². The number of alkyl halides is 3. The first kappa shape index (κ1) is 21.4.